The third-order valence-corrected chi connectivity index (χ3v) is 18.3. The highest BCUT2D eigenvalue weighted by atomic mass is 15.0. The molecular formula is C81H54N2. The van der Waals surface area contributed by atoms with Crippen LogP contribution in [0.5, 0.6) is 0 Å². The molecular weight excluding hydrogens is 1000 g/mol. The van der Waals surface area contributed by atoms with E-state index in [-0.39, 0.29) is 5.41 Å². The van der Waals surface area contributed by atoms with Gasteiger partial charge in [-0.1, -0.05) is 255 Å². The third-order valence-electron chi connectivity index (χ3n) is 18.3. The van der Waals surface area contributed by atoms with Gasteiger partial charge in [0.05, 0.1) is 33.4 Å². The van der Waals surface area contributed by atoms with Gasteiger partial charge in [0.25, 0.3) is 0 Å². The van der Waals surface area contributed by atoms with Crippen molar-refractivity contribution in [3.63, 3.8) is 0 Å². The molecule has 1 spiro atoms. The van der Waals surface area contributed by atoms with Crippen molar-refractivity contribution in [2.24, 2.45) is 0 Å². The van der Waals surface area contributed by atoms with E-state index in [1.807, 2.05) is 0 Å². The fraction of sp³-hybridized carbons (Fsp3) is 0.0370. The number of aromatic nitrogens is 2. The lowest BCUT2D eigenvalue weighted by Gasteiger charge is -2.27. The Hall–Kier alpha value is -10.5. The molecule has 2 heteroatoms. The van der Waals surface area contributed by atoms with E-state index >= 15 is 0 Å². The summed E-state index contributed by atoms with van der Waals surface area (Å²) in [5.41, 5.74) is 25.3. The first-order valence-corrected chi connectivity index (χ1v) is 29.0. The third kappa shape index (κ3) is 7.64. The second-order valence-electron chi connectivity index (χ2n) is 22.9. The van der Waals surface area contributed by atoms with Gasteiger partial charge in [-0.05, 0) is 150 Å². The maximum absolute atomic E-state index is 2.48. The van der Waals surface area contributed by atoms with Gasteiger partial charge < -0.3 is 9.13 Å². The quantitative estimate of drug-likeness (QED) is 0.134. The topological polar surface area (TPSA) is 9.86 Å². The summed E-state index contributed by atoms with van der Waals surface area (Å²) in [5.74, 6) is 0. The second-order valence-corrected chi connectivity index (χ2v) is 22.9. The molecule has 0 amide bonds. The lowest BCUT2D eigenvalue weighted by molar-refractivity contribution is 0.563. The zero-order valence-corrected chi connectivity index (χ0v) is 45.7. The fourth-order valence-corrected chi connectivity index (χ4v) is 14.3. The maximum atomic E-state index is 2.48. The predicted octanol–water partition coefficient (Wildman–Crippen LogP) is 20.9. The van der Waals surface area contributed by atoms with Crippen molar-refractivity contribution in [2.75, 3.05) is 0 Å². The Morgan fingerprint density at radius 1 is 0.265 bits per heavy atom. The number of fused-ring (bicyclic) bond motifs is 14. The van der Waals surface area contributed by atoms with Crippen molar-refractivity contribution >= 4 is 89.5 Å². The molecule has 0 saturated carbocycles. The van der Waals surface area contributed by atoms with Crippen LogP contribution in [0.4, 0.5) is 0 Å². The number of hydrogen-bond donors (Lipinski definition) is 0. The summed E-state index contributed by atoms with van der Waals surface area (Å²) in [6, 6.07) is 104. The zero-order chi connectivity index (χ0) is 54.6. The molecule has 0 atom stereocenters. The van der Waals surface area contributed by atoms with Crippen LogP contribution in [-0.4, -0.2) is 9.13 Å². The molecule has 2 aliphatic carbocycles. The molecule has 0 radical (unpaired) electrons. The monoisotopic (exact) mass is 1050 g/mol. The van der Waals surface area contributed by atoms with Crippen molar-refractivity contribution in [1.29, 1.82) is 0 Å². The Kier molecular flexibility index (Phi) is 10.7. The SMILES string of the molecule is C(=Cc1ccc2c(c1)C1(Cc3ccccc3C1)c1cc(C=Cc3ccc(-c4ccc5c(c4)c4ccccc4n5-c4cccc5ccccc45)cc3)ccc1-2)c1ccc(-c2ccc3c(c2)c2ccccc2n3-c2cccc3ccccc23)cc1. The standard InChI is InChI=1S/C81H54N2/c1-2-16-64-52-81(51-63(64)15-1)73-47-55(29-27-53-31-37-57(38-32-53)61-41-45-79-71(49-61)69-21-7-9-23-77(69)82(79)75-25-11-17-59-13-3-5-19-65(59)75)35-43-67(73)68-44-36-56(48-74(68)81)30-28-54-33-39-58(40-34-54)62-42-46-80-72(50-62)70-22-8-10-24-78(70)83(80)76-26-12-18-60-14-4-6-20-66(60)76/h1-50H,51-52H2. The van der Waals surface area contributed by atoms with Gasteiger partial charge in [0.15, 0.2) is 0 Å². The summed E-state index contributed by atoms with van der Waals surface area (Å²) in [7, 11) is 0. The number of para-hydroxylation sites is 2. The fourth-order valence-electron chi connectivity index (χ4n) is 14.3. The first-order valence-electron chi connectivity index (χ1n) is 29.0. The van der Waals surface area contributed by atoms with Gasteiger partial charge >= 0.3 is 0 Å². The minimum Gasteiger partial charge on any atom is -0.309 e. The van der Waals surface area contributed by atoms with Crippen LogP contribution >= 0.6 is 0 Å². The average molecular weight is 1060 g/mol. The van der Waals surface area contributed by atoms with E-state index in [0.717, 1.165) is 12.8 Å². The van der Waals surface area contributed by atoms with Crippen LogP contribution in [0.1, 0.15) is 44.5 Å². The molecule has 2 aromatic heterocycles. The molecule has 0 bridgehead atoms. The minimum absolute atomic E-state index is 0.129. The maximum Gasteiger partial charge on any atom is 0.0541 e. The summed E-state index contributed by atoms with van der Waals surface area (Å²) in [5, 5.41) is 10.0. The van der Waals surface area contributed by atoms with Gasteiger partial charge in [0, 0.05) is 37.7 Å². The van der Waals surface area contributed by atoms with Crippen LogP contribution in [0, 0.1) is 0 Å². The van der Waals surface area contributed by atoms with Gasteiger partial charge in [0.2, 0.25) is 0 Å². The van der Waals surface area contributed by atoms with Crippen LogP contribution in [0.25, 0.3) is 134 Å². The first kappa shape index (κ1) is 47.3. The van der Waals surface area contributed by atoms with E-state index in [1.165, 1.54) is 154 Å². The molecule has 2 aliphatic rings. The van der Waals surface area contributed by atoms with E-state index in [2.05, 4.69) is 312 Å². The highest BCUT2D eigenvalue weighted by Crippen LogP contribution is 2.56. The van der Waals surface area contributed by atoms with Gasteiger partial charge in [-0.15, -0.1) is 0 Å². The first-order chi connectivity index (χ1) is 41.1. The number of rotatable bonds is 8. The Morgan fingerprint density at radius 3 is 1.10 bits per heavy atom. The van der Waals surface area contributed by atoms with Gasteiger partial charge in [-0.25, -0.2) is 0 Å². The van der Waals surface area contributed by atoms with Gasteiger partial charge in [-0.2, -0.15) is 0 Å². The van der Waals surface area contributed by atoms with Gasteiger partial charge in [0.1, 0.15) is 0 Å². The minimum atomic E-state index is -0.129. The lowest BCUT2D eigenvalue weighted by Crippen LogP contribution is -2.26. The highest BCUT2D eigenvalue weighted by Gasteiger charge is 2.47. The highest BCUT2D eigenvalue weighted by molar-refractivity contribution is 6.13. The summed E-state index contributed by atoms with van der Waals surface area (Å²) in [6.07, 6.45) is 11.1. The normalized spacial score (nSPS) is 13.4. The number of benzene rings is 13. The average Bonchev–Trinajstić information content (AvgIpc) is 4.06. The predicted molar refractivity (Wildman–Crippen MR) is 352 cm³/mol. The number of nitrogens with zero attached hydrogens (tertiary/aromatic N) is 2. The van der Waals surface area contributed by atoms with Crippen molar-refractivity contribution in [3.8, 4) is 44.8 Å². The van der Waals surface area contributed by atoms with Crippen LogP contribution in [0.2, 0.25) is 0 Å². The van der Waals surface area contributed by atoms with E-state index < -0.39 is 0 Å². The van der Waals surface area contributed by atoms with Gasteiger partial charge in [-0.3, -0.25) is 0 Å². The van der Waals surface area contributed by atoms with E-state index in [4.69, 9.17) is 0 Å². The Bertz CT molecular complexity index is 4860. The molecule has 2 nitrogen and oxygen atoms in total. The molecule has 15 aromatic rings. The molecule has 13 aromatic carbocycles. The second kappa shape index (κ2) is 18.8. The molecule has 388 valence electrons. The van der Waals surface area contributed by atoms with E-state index in [9.17, 15) is 0 Å². The van der Waals surface area contributed by atoms with E-state index in [1.54, 1.807) is 0 Å². The molecule has 0 unspecified atom stereocenters. The summed E-state index contributed by atoms with van der Waals surface area (Å²) in [4.78, 5) is 0. The van der Waals surface area contributed by atoms with E-state index in [0.29, 0.717) is 0 Å². The molecule has 17 rings (SSSR count). The smallest absolute Gasteiger partial charge is 0.0541 e. The Morgan fingerprint density at radius 2 is 0.627 bits per heavy atom. The summed E-state index contributed by atoms with van der Waals surface area (Å²) >= 11 is 0. The molecule has 83 heavy (non-hydrogen) atoms. The summed E-state index contributed by atoms with van der Waals surface area (Å²) < 4.78 is 4.86. The van der Waals surface area contributed by atoms with Crippen molar-refractivity contribution in [1.82, 2.24) is 9.13 Å². The Labute approximate surface area is 482 Å². The largest absolute Gasteiger partial charge is 0.309 e. The molecule has 0 N–H and O–H groups in total. The molecule has 0 fully saturated rings. The zero-order valence-electron chi connectivity index (χ0n) is 45.7. The number of hydrogen-bond acceptors (Lipinski definition) is 0. The molecule has 2 heterocycles. The van der Waals surface area contributed by atoms with Crippen LogP contribution < -0.4 is 0 Å². The van der Waals surface area contributed by atoms with Crippen molar-refractivity contribution < 1.29 is 0 Å². The van der Waals surface area contributed by atoms with Crippen LogP contribution in [-0.2, 0) is 18.3 Å². The van der Waals surface area contributed by atoms with Crippen molar-refractivity contribution in [3.05, 3.63) is 324 Å². The van der Waals surface area contributed by atoms with Crippen LogP contribution in [0.15, 0.2) is 279 Å². The van der Waals surface area contributed by atoms with Crippen molar-refractivity contribution in [2.45, 2.75) is 18.3 Å². The Balaban J connectivity index is 0.642. The lowest BCUT2D eigenvalue weighted by atomic mass is 9.75. The van der Waals surface area contributed by atoms with Crippen LogP contribution in [0.3, 0.4) is 0 Å². The summed E-state index contributed by atoms with van der Waals surface area (Å²) in [6.45, 7) is 0. The molecule has 0 saturated heterocycles. The molecule has 0 aliphatic heterocycles.